The van der Waals surface area contributed by atoms with Crippen LogP contribution in [0, 0.1) is 0 Å². The molecule has 0 aromatic carbocycles. The van der Waals surface area contributed by atoms with Gasteiger partial charge in [0.2, 0.25) is 0 Å². The summed E-state index contributed by atoms with van der Waals surface area (Å²) < 4.78 is 43.5. The van der Waals surface area contributed by atoms with Gasteiger partial charge in [-0.1, -0.05) is 0 Å². The van der Waals surface area contributed by atoms with Crippen LogP contribution in [0.15, 0.2) is 0 Å². The molecule has 1 aliphatic rings. The summed E-state index contributed by atoms with van der Waals surface area (Å²) in [6.45, 7) is 0.878. The molecule has 16 heavy (non-hydrogen) atoms. The molecule has 3 nitrogen and oxygen atoms in total. The largest absolute Gasteiger partial charge is 0.404 e. The fourth-order valence-corrected chi connectivity index (χ4v) is 2.15. The summed E-state index contributed by atoms with van der Waals surface area (Å²) in [7, 11) is 1.54. The Bertz CT molecular complexity index is 211. The standard InChI is InChI=1S/C10H19F3N2O/c1-16-8-3-2-6-15(7-8)9(4-5-14)10(11,12)13/h8-9H,2-7,14H2,1H3. The first kappa shape index (κ1) is 13.7. The average molecular weight is 240 g/mol. The highest BCUT2D eigenvalue weighted by Crippen LogP contribution is 2.29. The first-order chi connectivity index (χ1) is 7.49. The van der Waals surface area contributed by atoms with Gasteiger partial charge in [0.1, 0.15) is 6.04 Å². The van der Waals surface area contributed by atoms with Crippen LogP contribution in [0.3, 0.4) is 0 Å². The number of alkyl halides is 3. The predicted octanol–water partition coefficient (Wildman–Crippen LogP) is 1.38. The van der Waals surface area contributed by atoms with E-state index in [2.05, 4.69) is 0 Å². The van der Waals surface area contributed by atoms with Gasteiger partial charge in [0.15, 0.2) is 0 Å². The second-order valence-electron chi connectivity index (χ2n) is 4.13. The maximum Gasteiger partial charge on any atom is 0.404 e. The van der Waals surface area contributed by atoms with Crippen LogP contribution in [-0.2, 0) is 4.74 Å². The normalized spacial score (nSPS) is 25.7. The maximum absolute atomic E-state index is 12.8. The van der Waals surface area contributed by atoms with Crippen LogP contribution in [0.5, 0.6) is 0 Å². The molecule has 0 aliphatic carbocycles. The average Bonchev–Trinajstić information content (AvgIpc) is 2.24. The van der Waals surface area contributed by atoms with E-state index in [9.17, 15) is 13.2 Å². The summed E-state index contributed by atoms with van der Waals surface area (Å²) in [5, 5.41) is 0. The molecular weight excluding hydrogens is 221 g/mol. The molecule has 1 rings (SSSR count). The molecule has 0 radical (unpaired) electrons. The second kappa shape index (κ2) is 5.84. The quantitative estimate of drug-likeness (QED) is 0.806. The van der Waals surface area contributed by atoms with Gasteiger partial charge in [-0.25, -0.2) is 0 Å². The van der Waals surface area contributed by atoms with E-state index in [0.717, 1.165) is 12.8 Å². The third-order valence-corrected chi connectivity index (χ3v) is 3.00. The Morgan fingerprint density at radius 3 is 2.69 bits per heavy atom. The molecule has 1 saturated heterocycles. The number of methoxy groups -OCH3 is 1. The maximum atomic E-state index is 12.8. The first-order valence-corrected chi connectivity index (χ1v) is 5.52. The van der Waals surface area contributed by atoms with Crippen LogP contribution >= 0.6 is 0 Å². The monoisotopic (exact) mass is 240 g/mol. The van der Waals surface area contributed by atoms with Crippen molar-refractivity contribution in [3.8, 4) is 0 Å². The Morgan fingerprint density at radius 1 is 1.50 bits per heavy atom. The summed E-state index contributed by atoms with van der Waals surface area (Å²) >= 11 is 0. The fourth-order valence-electron chi connectivity index (χ4n) is 2.15. The highest BCUT2D eigenvalue weighted by Gasteiger charge is 2.43. The summed E-state index contributed by atoms with van der Waals surface area (Å²) in [5.74, 6) is 0. The Balaban J connectivity index is 2.63. The Labute approximate surface area is 93.7 Å². The molecule has 1 heterocycles. The molecule has 0 amide bonds. The zero-order valence-corrected chi connectivity index (χ0v) is 9.46. The lowest BCUT2D eigenvalue weighted by atomic mass is 10.0. The van der Waals surface area contributed by atoms with Crippen LogP contribution in [0.4, 0.5) is 13.2 Å². The smallest absolute Gasteiger partial charge is 0.380 e. The summed E-state index contributed by atoms with van der Waals surface area (Å²) in [4.78, 5) is 1.45. The SMILES string of the molecule is COC1CCCN(C(CCN)C(F)(F)F)C1. The van der Waals surface area contributed by atoms with Gasteiger partial charge in [-0.05, 0) is 32.4 Å². The summed E-state index contributed by atoms with van der Waals surface area (Å²) in [6.07, 6.45) is -2.75. The number of halogens is 3. The lowest BCUT2D eigenvalue weighted by molar-refractivity contribution is -0.191. The highest BCUT2D eigenvalue weighted by molar-refractivity contribution is 4.84. The van der Waals surface area contributed by atoms with Gasteiger partial charge in [0, 0.05) is 13.7 Å². The molecule has 0 aromatic rings. The van der Waals surface area contributed by atoms with Crippen molar-refractivity contribution in [1.82, 2.24) is 4.90 Å². The van der Waals surface area contributed by atoms with Crippen molar-refractivity contribution in [1.29, 1.82) is 0 Å². The van der Waals surface area contributed by atoms with Crippen molar-refractivity contribution in [2.24, 2.45) is 5.73 Å². The van der Waals surface area contributed by atoms with E-state index in [4.69, 9.17) is 10.5 Å². The minimum atomic E-state index is -4.20. The third kappa shape index (κ3) is 3.61. The molecule has 0 bridgehead atoms. The fraction of sp³-hybridized carbons (Fsp3) is 1.00. The Hall–Kier alpha value is -0.330. The molecule has 2 N–H and O–H groups in total. The predicted molar refractivity (Wildman–Crippen MR) is 55.1 cm³/mol. The zero-order valence-electron chi connectivity index (χ0n) is 9.46. The van der Waals surface area contributed by atoms with Gasteiger partial charge in [-0.3, -0.25) is 4.90 Å². The number of likely N-dealkylation sites (tertiary alicyclic amines) is 1. The van der Waals surface area contributed by atoms with E-state index in [1.807, 2.05) is 0 Å². The Morgan fingerprint density at radius 2 is 2.19 bits per heavy atom. The second-order valence-corrected chi connectivity index (χ2v) is 4.13. The molecule has 96 valence electrons. The topological polar surface area (TPSA) is 38.5 Å². The molecule has 2 unspecified atom stereocenters. The van der Waals surface area contributed by atoms with Gasteiger partial charge < -0.3 is 10.5 Å². The van der Waals surface area contributed by atoms with Gasteiger partial charge in [0.25, 0.3) is 0 Å². The van der Waals surface area contributed by atoms with Crippen LogP contribution in [0.2, 0.25) is 0 Å². The van der Waals surface area contributed by atoms with E-state index >= 15 is 0 Å². The molecule has 0 spiro atoms. The lowest BCUT2D eigenvalue weighted by Crippen LogP contribution is -2.52. The van der Waals surface area contributed by atoms with Crippen molar-refractivity contribution in [3.05, 3.63) is 0 Å². The van der Waals surface area contributed by atoms with Crippen LogP contribution in [0.1, 0.15) is 19.3 Å². The molecule has 0 aromatic heterocycles. The van der Waals surface area contributed by atoms with Crippen LogP contribution in [0.25, 0.3) is 0 Å². The number of ether oxygens (including phenoxy) is 1. The van der Waals surface area contributed by atoms with E-state index in [0.29, 0.717) is 13.1 Å². The van der Waals surface area contributed by atoms with Gasteiger partial charge >= 0.3 is 6.18 Å². The number of rotatable bonds is 4. The van der Waals surface area contributed by atoms with Crippen molar-refractivity contribution in [3.63, 3.8) is 0 Å². The number of nitrogens with zero attached hydrogens (tertiary/aromatic N) is 1. The van der Waals surface area contributed by atoms with E-state index < -0.39 is 12.2 Å². The number of hydrogen-bond donors (Lipinski definition) is 1. The molecule has 6 heteroatoms. The van der Waals surface area contributed by atoms with Crippen molar-refractivity contribution in [2.75, 3.05) is 26.7 Å². The van der Waals surface area contributed by atoms with Crippen molar-refractivity contribution < 1.29 is 17.9 Å². The third-order valence-electron chi connectivity index (χ3n) is 3.00. The van der Waals surface area contributed by atoms with Gasteiger partial charge in [-0.15, -0.1) is 0 Å². The van der Waals surface area contributed by atoms with Crippen LogP contribution < -0.4 is 5.73 Å². The van der Waals surface area contributed by atoms with E-state index in [1.165, 1.54) is 4.90 Å². The zero-order chi connectivity index (χ0) is 12.2. The summed E-state index contributed by atoms with van der Waals surface area (Å²) in [5.41, 5.74) is 5.24. The molecule has 0 saturated carbocycles. The first-order valence-electron chi connectivity index (χ1n) is 5.52. The number of nitrogens with two attached hydrogens (primary N) is 1. The van der Waals surface area contributed by atoms with Gasteiger partial charge in [-0.2, -0.15) is 13.2 Å². The molecule has 1 fully saturated rings. The van der Waals surface area contributed by atoms with Gasteiger partial charge in [0.05, 0.1) is 6.10 Å². The van der Waals surface area contributed by atoms with E-state index in [1.54, 1.807) is 7.11 Å². The Kier molecular flexibility index (Phi) is 5.01. The minimum Gasteiger partial charge on any atom is -0.380 e. The lowest BCUT2D eigenvalue weighted by Gasteiger charge is -2.38. The molecule has 1 aliphatic heterocycles. The number of piperidine rings is 1. The molecule has 2 atom stereocenters. The van der Waals surface area contributed by atoms with Crippen molar-refractivity contribution >= 4 is 0 Å². The van der Waals surface area contributed by atoms with E-state index in [-0.39, 0.29) is 19.1 Å². The van der Waals surface area contributed by atoms with Crippen LogP contribution in [-0.4, -0.2) is 50.0 Å². The minimum absolute atomic E-state index is 0.0417. The summed E-state index contributed by atoms with van der Waals surface area (Å²) in [6, 6.07) is -1.42. The number of hydrogen-bond acceptors (Lipinski definition) is 3. The molecular formula is C10H19F3N2O. The van der Waals surface area contributed by atoms with Crippen molar-refractivity contribution in [2.45, 2.75) is 37.6 Å². The highest BCUT2D eigenvalue weighted by atomic mass is 19.4.